The third-order valence-corrected chi connectivity index (χ3v) is 6.96. The average Bonchev–Trinajstić information content (AvgIpc) is 3.30. The maximum absolute atomic E-state index is 11.4. The smallest absolute Gasteiger partial charge is 0.306 e. The summed E-state index contributed by atoms with van der Waals surface area (Å²) in [5, 5.41) is 10.4. The minimum Gasteiger partial charge on any atom is -0.481 e. The van der Waals surface area contributed by atoms with E-state index in [2.05, 4.69) is 4.98 Å². The number of pyridine rings is 1. The number of aliphatic carboxylic acids is 1. The number of nitrogens with two attached hydrogens (primary N) is 1. The van der Waals surface area contributed by atoms with Gasteiger partial charge in [-0.25, -0.2) is 15.0 Å². The molecule has 0 saturated heterocycles. The second-order valence-electron chi connectivity index (χ2n) is 9.21. The molecule has 1 fully saturated rings. The van der Waals surface area contributed by atoms with Crippen molar-refractivity contribution in [3.05, 3.63) is 78.9 Å². The van der Waals surface area contributed by atoms with Crippen LogP contribution in [0.1, 0.15) is 37.4 Å². The van der Waals surface area contributed by atoms with Gasteiger partial charge in [0.05, 0.1) is 11.4 Å². The van der Waals surface area contributed by atoms with Crippen LogP contribution in [-0.4, -0.2) is 30.4 Å². The number of hydrogen-bond donors (Lipinski definition) is 2. The molecular weight excluding hydrogens is 454 g/mol. The van der Waals surface area contributed by atoms with Crippen LogP contribution in [0.5, 0.6) is 11.6 Å². The Labute approximate surface area is 207 Å². The van der Waals surface area contributed by atoms with E-state index in [9.17, 15) is 9.90 Å². The molecule has 0 radical (unpaired) electrons. The van der Waals surface area contributed by atoms with Crippen LogP contribution < -0.4 is 10.5 Å². The number of rotatable bonds is 5. The van der Waals surface area contributed by atoms with Gasteiger partial charge in [0.1, 0.15) is 28.6 Å². The zero-order valence-corrected chi connectivity index (χ0v) is 19.5. The summed E-state index contributed by atoms with van der Waals surface area (Å²) >= 11 is 0. The number of fused-ring (bicyclic) bond motifs is 2. The topological polar surface area (TPSA) is 116 Å². The standard InChI is InChI=1S/C28H25N5O3/c29-26-25-24(32-27(33(25)15-14-30-26)18-7-9-19(10-8-18)28(34)35)20-11-6-17-12-13-23(31-22(17)16-20)36-21-4-2-1-3-5-21/h1-6,11-16,18-19H,7-10H2,(H2,29,30)(H,34,35). The average molecular weight is 480 g/mol. The van der Waals surface area contributed by atoms with Crippen molar-refractivity contribution >= 4 is 28.2 Å². The number of carboxylic acid groups (broad SMARTS) is 1. The largest absolute Gasteiger partial charge is 0.481 e. The molecule has 0 unspecified atom stereocenters. The Kier molecular flexibility index (Phi) is 5.48. The fourth-order valence-electron chi connectivity index (χ4n) is 5.09. The van der Waals surface area contributed by atoms with E-state index >= 15 is 0 Å². The minimum absolute atomic E-state index is 0.160. The van der Waals surface area contributed by atoms with E-state index in [4.69, 9.17) is 20.4 Å². The maximum Gasteiger partial charge on any atom is 0.306 e. The molecule has 3 aromatic heterocycles. The summed E-state index contributed by atoms with van der Waals surface area (Å²) in [6, 6.07) is 19.4. The highest BCUT2D eigenvalue weighted by molar-refractivity contribution is 5.90. The van der Waals surface area contributed by atoms with Crippen LogP contribution in [0.3, 0.4) is 0 Å². The summed E-state index contributed by atoms with van der Waals surface area (Å²) in [5.74, 6) is 1.70. The highest BCUT2D eigenvalue weighted by Gasteiger charge is 2.30. The van der Waals surface area contributed by atoms with Gasteiger partial charge < -0.3 is 15.6 Å². The molecule has 1 aliphatic carbocycles. The van der Waals surface area contributed by atoms with Crippen LogP contribution >= 0.6 is 0 Å². The molecule has 180 valence electrons. The van der Waals surface area contributed by atoms with E-state index in [-0.39, 0.29) is 11.8 Å². The van der Waals surface area contributed by atoms with Gasteiger partial charge in [0.15, 0.2) is 0 Å². The first kappa shape index (κ1) is 22.0. The van der Waals surface area contributed by atoms with Crippen molar-refractivity contribution < 1.29 is 14.6 Å². The number of carbonyl (C=O) groups is 1. The van der Waals surface area contributed by atoms with E-state index in [1.165, 1.54) is 0 Å². The van der Waals surface area contributed by atoms with Gasteiger partial charge in [-0.1, -0.05) is 30.3 Å². The number of para-hydroxylation sites is 1. The number of nitrogens with zero attached hydrogens (tertiary/aromatic N) is 4. The predicted molar refractivity (Wildman–Crippen MR) is 137 cm³/mol. The molecule has 36 heavy (non-hydrogen) atoms. The predicted octanol–water partition coefficient (Wildman–Crippen LogP) is 5.68. The second-order valence-corrected chi connectivity index (χ2v) is 9.21. The Balaban J connectivity index is 1.40. The van der Waals surface area contributed by atoms with Crippen molar-refractivity contribution in [2.75, 3.05) is 5.73 Å². The van der Waals surface area contributed by atoms with Crippen LogP contribution in [0.2, 0.25) is 0 Å². The summed E-state index contributed by atoms with van der Waals surface area (Å²) in [4.78, 5) is 25.5. The Morgan fingerprint density at radius 2 is 1.78 bits per heavy atom. The molecule has 0 aliphatic heterocycles. The molecule has 3 N–H and O–H groups in total. The zero-order chi connectivity index (χ0) is 24.6. The van der Waals surface area contributed by atoms with Crippen molar-refractivity contribution in [1.29, 1.82) is 0 Å². The quantitative estimate of drug-likeness (QED) is 0.333. The molecule has 1 saturated carbocycles. The SMILES string of the molecule is Nc1nccn2c(C3CCC(C(=O)O)CC3)nc(-c3ccc4ccc(Oc5ccccc5)nc4c3)c12. The van der Waals surface area contributed by atoms with Gasteiger partial charge in [-0.05, 0) is 49.9 Å². The van der Waals surface area contributed by atoms with Crippen LogP contribution in [-0.2, 0) is 4.79 Å². The van der Waals surface area contributed by atoms with Gasteiger partial charge >= 0.3 is 5.97 Å². The molecule has 3 heterocycles. The lowest BCUT2D eigenvalue weighted by molar-refractivity contribution is -0.142. The Morgan fingerprint density at radius 1 is 1.00 bits per heavy atom. The lowest BCUT2D eigenvalue weighted by Gasteiger charge is -2.25. The first-order valence-electron chi connectivity index (χ1n) is 12.1. The van der Waals surface area contributed by atoms with Crippen molar-refractivity contribution in [2.45, 2.75) is 31.6 Å². The third kappa shape index (κ3) is 4.00. The molecular formula is C28H25N5O3. The van der Waals surface area contributed by atoms with Crippen molar-refractivity contribution in [1.82, 2.24) is 19.4 Å². The molecule has 0 bridgehead atoms. The highest BCUT2D eigenvalue weighted by Crippen LogP contribution is 2.39. The molecule has 1 aliphatic rings. The molecule has 2 aromatic carbocycles. The molecule has 0 spiro atoms. The monoisotopic (exact) mass is 479 g/mol. The van der Waals surface area contributed by atoms with Crippen LogP contribution in [0.4, 0.5) is 5.82 Å². The number of aromatic nitrogens is 4. The summed E-state index contributed by atoms with van der Waals surface area (Å²) in [5.41, 5.74) is 9.50. The first-order chi connectivity index (χ1) is 17.6. The minimum atomic E-state index is -0.713. The van der Waals surface area contributed by atoms with Gasteiger partial charge in [0.2, 0.25) is 5.88 Å². The first-order valence-corrected chi connectivity index (χ1v) is 12.1. The van der Waals surface area contributed by atoms with Crippen LogP contribution in [0.25, 0.3) is 27.7 Å². The maximum atomic E-state index is 11.4. The summed E-state index contributed by atoms with van der Waals surface area (Å²) in [6.45, 7) is 0. The Bertz CT molecular complexity index is 1570. The molecule has 5 aromatic rings. The van der Waals surface area contributed by atoms with Crippen LogP contribution in [0, 0.1) is 5.92 Å². The normalized spacial score (nSPS) is 17.9. The lowest BCUT2D eigenvalue weighted by Crippen LogP contribution is -2.21. The molecule has 6 rings (SSSR count). The summed E-state index contributed by atoms with van der Waals surface area (Å²) < 4.78 is 7.94. The number of carboxylic acids is 1. The number of benzene rings is 2. The molecule has 8 heteroatoms. The third-order valence-electron chi connectivity index (χ3n) is 6.96. The number of imidazole rings is 1. The van der Waals surface area contributed by atoms with Crippen LogP contribution in [0.15, 0.2) is 73.1 Å². The van der Waals surface area contributed by atoms with Crippen molar-refractivity contribution in [2.24, 2.45) is 5.92 Å². The summed E-state index contributed by atoms with van der Waals surface area (Å²) in [7, 11) is 0. The molecule has 0 atom stereocenters. The number of ether oxygens (including phenoxy) is 1. The van der Waals surface area contributed by atoms with Crippen molar-refractivity contribution in [3.63, 3.8) is 0 Å². The van der Waals surface area contributed by atoms with E-state index in [0.29, 0.717) is 24.5 Å². The van der Waals surface area contributed by atoms with Gasteiger partial charge in [-0.3, -0.25) is 9.20 Å². The highest BCUT2D eigenvalue weighted by atomic mass is 16.5. The van der Waals surface area contributed by atoms with Crippen molar-refractivity contribution in [3.8, 4) is 22.9 Å². The number of hydrogen-bond acceptors (Lipinski definition) is 6. The van der Waals surface area contributed by atoms with E-state index in [1.807, 2.05) is 71.3 Å². The lowest BCUT2D eigenvalue weighted by atomic mass is 9.81. The van der Waals surface area contributed by atoms with Gasteiger partial charge in [0.25, 0.3) is 0 Å². The van der Waals surface area contributed by atoms with Gasteiger partial charge in [-0.2, -0.15) is 0 Å². The van der Waals surface area contributed by atoms with Gasteiger partial charge in [0, 0.05) is 35.3 Å². The second kappa shape index (κ2) is 8.96. The van der Waals surface area contributed by atoms with E-state index in [1.54, 1.807) is 6.20 Å². The zero-order valence-electron chi connectivity index (χ0n) is 19.5. The Morgan fingerprint density at radius 3 is 2.56 bits per heavy atom. The van der Waals surface area contributed by atoms with E-state index in [0.717, 1.165) is 52.1 Å². The van der Waals surface area contributed by atoms with Gasteiger partial charge in [-0.15, -0.1) is 0 Å². The van der Waals surface area contributed by atoms with E-state index < -0.39 is 5.97 Å². The number of nitrogen functional groups attached to an aromatic ring is 1. The summed E-state index contributed by atoms with van der Waals surface area (Å²) in [6.07, 6.45) is 6.40. The fourth-order valence-corrected chi connectivity index (χ4v) is 5.09. The molecule has 0 amide bonds. The molecule has 8 nitrogen and oxygen atoms in total. The Hall–Kier alpha value is -4.46. The number of anilines is 1. The fraction of sp³-hybridized carbons (Fsp3) is 0.214.